The predicted molar refractivity (Wildman–Crippen MR) is 111 cm³/mol. The molecule has 0 bridgehead atoms. The van der Waals surface area contributed by atoms with E-state index < -0.39 is 0 Å². The Labute approximate surface area is 172 Å². The molecule has 1 aromatic heterocycles. The molecule has 1 fully saturated rings. The predicted octanol–water partition coefficient (Wildman–Crippen LogP) is 2.11. The van der Waals surface area contributed by atoms with Crippen LogP contribution >= 0.6 is 0 Å². The minimum absolute atomic E-state index is 0.202. The fraction of sp³-hybridized carbons (Fsp3) is 0.591. The SMILES string of the molecule is COc1ccccc1CCC(=O)N1CCc2nnc([C@H]3CCCN(C)C3)n2CC1. The van der Waals surface area contributed by atoms with Crippen LogP contribution < -0.4 is 4.74 Å². The van der Waals surface area contributed by atoms with Gasteiger partial charge in [-0.05, 0) is 44.5 Å². The van der Waals surface area contributed by atoms with Gasteiger partial charge in [0.25, 0.3) is 0 Å². The zero-order valence-electron chi connectivity index (χ0n) is 17.5. The smallest absolute Gasteiger partial charge is 0.222 e. The summed E-state index contributed by atoms with van der Waals surface area (Å²) in [6.07, 6.45) is 4.35. The molecular weight excluding hydrogens is 366 g/mol. The van der Waals surface area contributed by atoms with E-state index in [1.807, 2.05) is 29.2 Å². The van der Waals surface area contributed by atoms with Gasteiger partial charge in [-0.1, -0.05) is 18.2 Å². The molecule has 1 amide bonds. The number of aromatic nitrogens is 3. The number of piperidine rings is 1. The van der Waals surface area contributed by atoms with Crippen LogP contribution in [0, 0.1) is 0 Å². The van der Waals surface area contributed by atoms with E-state index in [0.717, 1.165) is 55.6 Å². The van der Waals surface area contributed by atoms with Gasteiger partial charge in [-0.15, -0.1) is 10.2 Å². The number of methoxy groups -OCH3 is 1. The first kappa shape index (κ1) is 19.9. The summed E-state index contributed by atoms with van der Waals surface area (Å²) >= 11 is 0. The van der Waals surface area contributed by atoms with Gasteiger partial charge >= 0.3 is 0 Å². The highest BCUT2D eigenvalue weighted by molar-refractivity contribution is 5.76. The van der Waals surface area contributed by atoms with E-state index in [0.29, 0.717) is 25.3 Å². The van der Waals surface area contributed by atoms with Gasteiger partial charge in [-0.3, -0.25) is 4.79 Å². The first-order chi connectivity index (χ1) is 14.2. The molecule has 0 radical (unpaired) electrons. The summed E-state index contributed by atoms with van der Waals surface area (Å²) in [6, 6.07) is 7.92. The Balaban J connectivity index is 1.37. The number of likely N-dealkylation sites (N-methyl/N-ethyl adjacent to an activating group) is 1. The highest BCUT2D eigenvalue weighted by atomic mass is 16.5. The van der Waals surface area contributed by atoms with E-state index in [2.05, 4.69) is 26.7 Å². The Hall–Kier alpha value is -2.41. The number of aryl methyl sites for hydroxylation is 1. The number of hydrogen-bond donors (Lipinski definition) is 0. The quantitative estimate of drug-likeness (QED) is 0.773. The van der Waals surface area contributed by atoms with Gasteiger partial charge in [-0.2, -0.15) is 0 Å². The molecule has 3 heterocycles. The lowest BCUT2D eigenvalue weighted by Gasteiger charge is -2.29. The molecule has 0 aliphatic carbocycles. The van der Waals surface area contributed by atoms with Gasteiger partial charge < -0.3 is 19.1 Å². The topological polar surface area (TPSA) is 63.5 Å². The van der Waals surface area contributed by atoms with Crippen LogP contribution in [-0.2, 0) is 24.2 Å². The third kappa shape index (κ3) is 4.45. The summed E-state index contributed by atoms with van der Waals surface area (Å²) in [5.74, 6) is 3.63. The lowest BCUT2D eigenvalue weighted by atomic mass is 9.97. The molecule has 4 rings (SSSR count). The molecule has 0 N–H and O–H groups in total. The number of para-hydroxylation sites is 1. The maximum atomic E-state index is 12.9. The van der Waals surface area contributed by atoms with Crippen molar-refractivity contribution in [3.8, 4) is 5.75 Å². The van der Waals surface area contributed by atoms with Crippen molar-refractivity contribution in [2.75, 3.05) is 40.3 Å². The molecule has 7 heteroatoms. The number of amides is 1. The maximum Gasteiger partial charge on any atom is 0.222 e. The van der Waals surface area contributed by atoms with Crippen molar-refractivity contribution in [3.63, 3.8) is 0 Å². The molecule has 2 aliphatic heterocycles. The lowest BCUT2D eigenvalue weighted by Crippen LogP contribution is -2.34. The van der Waals surface area contributed by atoms with Gasteiger partial charge in [0.2, 0.25) is 5.91 Å². The number of nitrogens with zero attached hydrogens (tertiary/aromatic N) is 5. The van der Waals surface area contributed by atoms with Crippen LogP contribution in [0.25, 0.3) is 0 Å². The van der Waals surface area contributed by atoms with E-state index in [-0.39, 0.29) is 5.91 Å². The zero-order chi connectivity index (χ0) is 20.2. The minimum Gasteiger partial charge on any atom is -0.496 e. The number of rotatable bonds is 5. The zero-order valence-corrected chi connectivity index (χ0v) is 17.5. The van der Waals surface area contributed by atoms with Crippen molar-refractivity contribution in [3.05, 3.63) is 41.5 Å². The van der Waals surface area contributed by atoms with E-state index >= 15 is 0 Å². The fourth-order valence-electron chi connectivity index (χ4n) is 4.58. The summed E-state index contributed by atoms with van der Waals surface area (Å²) < 4.78 is 7.68. The number of hydrogen-bond acceptors (Lipinski definition) is 5. The second kappa shape index (κ2) is 8.95. The highest BCUT2D eigenvalue weighted by Gasteiger charge is 2.27. The second-order valence-corrected chi connectivity index (χ2v) is 8.17. The first-order valence-electron chi connectivity index (χ1n) is 10.7. The second-order valence-electron chi connectivity index (χ2n) is 8.17. The Morgan fingerprint density at radius 2 is 2.03 bits per heavy atom. The molecular formula is C22H31N5O2. The molecule has 0 spiro atoms. The van der Waals surface area contributed by atoms with E-state index in [1.165, 1.54) is 12.8 Å². The normalized spacial score (nSPS) is 20.2. The van der Waals surface area contributed by atoms with Gasteiger partial charge in [-0.25, -0.2) is 0 Å². The van der Waals surface area contributed by atoms with Crippen molar-refractivity contribution >= 4 is 5.91 Å². The van der Waals surface area contributed by atoms with Gasteiger partial charge in [0.15, 0.2) is 0 Å². The number of likely N-dealkylation sites (tertiary alicyclic amines) is 1. The van der Waals surface area contributed by atoms with Crippen molar-refractivity contribution in [2.45, 2.75) is 44.6 Å². The Morgan fingerprint density at radius 3 is 2.86 bits per heavy atom. The van der Waals surface area contributed by atoms with Gasteiger partial charge in [0, 0.05) is 44.9 Å². The van der Waals surface area contributed by atoms with Crippen LogP contribution in [0.4, 0.5) is 0 Å². The standard InChI is InChI=1S/C22H31N5O2/c1-25-12-5-7-18(16-25)22-24-23-20-11-13-26(14-15-27(20)22)21(28)10-9-17-6-3-4-8-19(17)29-2/h3-4,6,8,18H,5,7,9-16H2,1-2H3/t18-/m0/s1. The maximum absolute atomic E-state index is 12.9. The number of ether oxygens (including phenoxy) is 1. The van der Waals surface area contributed by atoms with Crippen LogP contribution in [0.3, 0.4) is 0 Å². The molecule has 7 nitrogen and oxygen atoms in total. The lowest BCUT2D eigenvalue weighted by molar-refractivity contribution is -0.131. The highest BCUT2D eigenvalue weighted by Crippen LogP contribution is 2.26. The summed E-state index contributed by atoms with van der Waals surface area (Å²) in [5.41, 5.74) is 1.08. The van der Waals surface area contributed by atoms with Gasteiger partial charge in [0.1, 0.15) is 17.4 Å². The minimum atomic E-state index is 0.202. The molecule has 2 aromatic rings. The van der Waals surface area contributed by atoms with Crippen LogP contribution in [0.5, 0.6) is 5.75 Å². The van der Waals surface area contributed by atoms with Crippen molar-refractivity contribution in [1.82, 2.24) is 24.6 Å². The van der Waals surface area contributed by atoms with Crippen molar-refractivity contribution in [1.29, 1.82) is 0 Å². The van der Waals surface area contributed by atoms with Crippen LogP contribution in [-0.4, -0.2) is 70.8 Å². The Kier molecular flexibility index (Phi) is 6.13. The fourth-order valence-corrected chi connectivity index (χ4v) is 4.58. The van der Waals surface area contributed by atoms with Crippen LogP contribution in [0.1, 0.15) is 42.4 Å². The number of fused-ring (bicyclic) bond motifs is 1. The molecule has 29 heavy (non-hydrogen) atoms. The molecule has 156 valence electrons. The van der Waals surface area contributed by atoms with E-state index in [9.17, 15) is 4.79 Å². The summed E-state index contributed by atoms with van der Waals surface area (Å²) in [7, 11) is 3.85. The Bertz CT molecular complexity index is 849. The molecule has 0 unspecified atom stereocenters. The molecule has 2 aliphatic rings. The molecule has 0 saturated carbocycles. The Morgan fingerprint density at radius 1 is 1.17 bits per heavy atom. The van der Waals surface area contributed by atoms with Gasteiger partial charge in [0.05, 0.1) is 7.11 Å². The van der Waals surface area contributed by atoms with Crippen molar-refractivity contribution < 1.29 is 9.53 Å². The van der Waals surface area contributed by atoms with Crippen LogP contribution in [0.15, 0.2) is 24.3 Å². The summed E-state index contributed by atoms with van der Waals surface area (Å²) in [5, 5.41) is 9.00. The molecule has 1 aromatic carbocycles. The van der Waals surface area contributed by atoms with E-state index in [1.54, 1.807) is 7.11 Å². The molecule has 1 atom stereocenters. The van der Waals surface area contributed by atoms with Crippen molar-refractivity contribution in [2.24, 2.45) is 0 Å². The monoisotopic (exact) mass is 397 g/mol. The summed E-state index contributed by atoms with van der Waals surface area (Å²) in [4.78, 5) is 17.2. The number of benzene rings is 1. The van der Waals surface area contributed by atoms with E-state index in [4.69, 9.17) is 4.74 Å². The average Bonchev–Trinajstić information content (AvgIpc) is 3.03. The first-order valence-corrected chi connectivity index (χ1v) is 10.7. The largest absolute Gasteiger partial charge is 0.496 e. The third-order valence-corrected chi connectivity index (χ3v) is 6.20. The summed E-state index contributed by atoms with van der Waals surface area (Å²) in [6.45, 7) is 4.43. The van der Waals surface area contributed by atoms with Crippen LogP contribution in [0.2, 0.25) is 0 Å². The third-order valence-electron chi connectivity index (χ3n) is 6.20. The average molecular weight is 398 g/mol. The number of carbonyl (C=O) groups is 1. The number of carbonyl (C=O) groups excluding carboxylic acids is 1. The molecule has 1 saturated heterocycles.